The highest BCUT2D eigenvalue weighted by atomic mass is 16.6. The van der Waals surface area contributed by atoms with Crippen LogP contribution in [0.4, 0.5) is 10.5 Å². The SMILES string of the molecule is C[C@H]1CC2(CC[C@H]1n1cc3cc(C(=O)Nc4cnn5cnccc45)c(OC4CC4)cc3n1)CN(C(=O)OC(C)(C)C)C2. The number of likely N-dealkylation sites (tertiary alicyclic amines) is 1. The number of hydrogen-bond donors (Lipinski definition) is 1. The first-order valence-electron chi connectivity index (χ1n) is 14.8. The number of anilines is 1. The Morgan fingerprint density at radius 1 is 1.14 bits per heavy atom. The van der Waals surface area contributed by atoms with E-state index in [9.17, 15) is 9.59 Å². The predicted molar refractivity (Wildman–Crippen MR) is 157 cm³/mol. The van der Waals surface area contributed by atoms with Crippen LogP contribution in [0.5, 0.6) is 5.75 Å². The molecule has 0 radical (unpaired) electrons. The molecule has 0 bridgehead atoms. The number of fused-ring (bicyclic) bond motifs is 2. The fourth-order valence-corrected chi connectivity index (χ4v) is 6.57. The van der Waals surface area contributed by atoms with Crippen molar-refractivity contribution in [1.82, 2.24) is 29.3 Å². The van der Waals surface area contributed by atoms with Gasteiger partial charge in [0.15, 0.2) is 0 Å². The lowest BCUT2D eigenvalue weighted by Gasteiger charge is -2.54. The van der Waals surface area contributed by atoms with Gasteiger partial charge in [0.05, 0.1) is 40.6 Å². The van der Waals surface area contributed by atoms with Crippen LogP contribution in [0.25, 0.3) is 16.4 Å². The average molecular weight is 572 g/mol. The number of carbonyl (C=O) groups is 2. The van der Waals surface area contributed by atoms with Gasteiger partial charge in [-0.15, -0.1) is 0 Å². The van der Waals surface area contributed by atoms with Crippen LogP contribution >= 0.6 is 0 Å². The Balaban J connectivity index is 1.09. The summed E-state index contributed by atoms with van der Waals surface area (Å²) in [4.78, 5) is 31.9. The largest absolute Gasteiger partial charge is 0.490 e. The summed E-state index contributed by atoms with van der Waals surface area (Å²) in [5.74, 6) is 0.696. The predicted octanol–water partition coefficient (Wildman–Crippen LogP) is 5.47. The molecule has 2 amide bonds. The third-order valence-corrected chi connectivity index (χ3v) is 8.69. The molecular formula is C31H37N7O4. The van der Waals surface area contributed by atoms with Crippen molar-refractivity contribution in [3.8, 4) is 5.75 Å². The highest BCUT2D eigenvalue weighted by Gasteiger charge is 2.50. The van der Waals surface area contributed by atoms with Gasteiger partial charge in [0.25, 0.3) is 5.91 Å². The molecular weight excluding hydrogens is 534 g/mol. The second-order valence-electron chi connectivity index (χ2n) is 13.4. The van der Waals surface area contributed by atoms with Crippen LogP contribution in [-0.4, -0.2) is 66.1 Å². The number of amides is 2. The number of ether oxygens (including phenoxy) is 2. The molecule has 1 spiro atoms. The lowest BCUT2D eigenvalue weighted by Crippen LogP contribution is -2.61. The maximum Gasteiger partial charge on any atom is 0.410 e. The van der Waals surface area contributed by atoms with Crippen LogP contribution in [0.1, 0.15) is 76.2 Å². The van der Waals surface area contributed by atoms with E-state index in [2.05, 4.69) is 33.2 Å². The second kappa shape index (κ2) is 9.71. The fourth-order valence-electron chi connectivity index (χ4n) is 6.57. The minimum Gasteiger partial charge on any atom is -0.490 e. The van der Waals surface area contributed by atoms with E-state index in [0.717, 1.165) is 61.6 Å². The van der Waals surface area contributed by atoms with Gasteiger partial charge < -0.3 is 19.7 Å². The Kier molecular flexibility index (Phi) is 6.18. The summed E-state index contributed by atoms with van der Waals surface area (Å²) in [6.45, 7) is 9.49. The minimum atomic E-state index is -0.483. The van der Waals surface area contributed by atoms with Crippen LogP contribution in [0.3, 0.4) is 0 Å². The zero-order valence-electron chi connectivity index (χ0n) is 24.5. The van der Waals surface area contributed by atoms with Gasteiger partial charge in [-0.05, 0) is 70.9 Å². The first kappa shape index (κ1) is 26.7. The van der Waals surface area contributed by atoms with Crippen LogP contribution < -0.4 is 10.1 Å². The Labute approximate surface area is 244 Å². The van der Waals surface area contributed by atoms with Crippen molar-refractivity contribution in [1.29, 1.82) is 0 Å². The summed E-state index contributed by atoms with van der Waals surface area (Å²) >= 11 is 0. The molecule has 42 heavy (non-hydrogen) atoms. The zero-order chi connectivity index (χ0) is 29.2. The molecule has 4 aromatic rings. The van der Waals surface area contributed by atoms with Crippen molar-refractivity contribution >= 4 is 34.1 Å². The van der Waals surface area contributed by atoms with Gasteiger partial charge >= 0.3 is 6.09 Å². The van der Waals surface area contributed by atoms with E-state index in [1.807, 2.05) is 43.9 Å². The lowest BCUT2D eigenvalue weighted by atomic mass is 9.64. The van der Waals surface area contributed by atoms with Crippen molar-refractivity contribution in [2.24, 2.45) is 11.3 Å². The van der Waals surface area contributed by atoms with Crippen molar-refractivity contribution < 1.29 is 19.1 Å². The lowest BCUT2D eigenvalue weighted by molar-refractivity contribution is -0.0648. The van der Waals surface area contributed by atoms with Crippen molar-refractivity contribution in [2.75, 3.05) is 18.4 Å². The molecule has 1 saturated heterocycles. The Morgan fingerprint density at radius 2 is 1.95 bits per heavy atom. The summed E-state index contributed by atoms with van der Waals surface area (Å²) in [6.07, 6.45) is 11.9. The number of nitrogens with zero attached hydrogens (tertiary/aromatic N) is 6. The highest BCUT2D eigenvalue weighted by Crippen LogP contribution is 2.50. The topological polar surface area (TPSA) is 116 Å². The van der Waals surface area contributed by atoms with Gasteiger partial charge in [-0.3, -0.25) is 9.48 Å². The van der Waals surface area contributed by atoms with Crippen molar-refractivity contribution in [2.45, 2.75) is 77.5 Å². The normalized spacial score (nSPS) is 21.9. The van der Waals surface area contributed by atoms with Crippen molar-refractivity contribution in [3.63, 3.8) is 0 Å². The van der Waals surface area contributed by atoms with E-state index in [0.29, 0.717) is 22.9 Å². The molecule has 1 aromatic carbocycles. The standard InChI is InChI=1S/C31H37N7O4/c1-19-13-31(16-36(17-31)29(40)42-30(2,3)4)9-7-25(19)37-15-20-11-22(27(12-23(20)35-37)41-21-5-6-21)28(39)34-24-14-33-38-18-32-10-8-26(24)38/h8,10-12,14-15,18-19,21,25H,5-7,9,13,16-17H2,1-4H3,(H,34,39)/t19-,25+/m0/s1. The Hall–Kier alpha value is -4.15. The van der Waals surface area contributed by atoms with E-state index < -0.39 is 5.60 Å². The summed E-state index contributed by atoms with van der Waals surface area (Å²) in [7, 11) is 0. The van der Waals surface area contributed by atoms with E-state index in [1.54, 1.807) is 23.2 Å². The Bertz CT molecular complexity index is 1680. The number of nitrogens with one attached hydrogen (secondary N) is 1. The maximum atomic E-state index is 13.5. The van der Waals surface area contributed by atoms with Crippen LogP contribution in [-0.2, 0) is 4.74 Å². The van der Waals surface area contributed by atoms with Crippen LogP contribution in [0, 0.1) is 11.3 Å². The smallest absolute Gasteiger partial charge is 0.410 e. The molecule has 0 unspecified atom stereocenters. The molecule has 3 aliphatic rings. The Morgan fingerprint density at radius 3 is 2.69 bits per heavy atom. The average Bonchev–Trinajstić information content (AvgIpc) is 3.49. The molecule has 11 nitrogen and oxygen atoms in total. The molecule has 11 heteroatoms. The summed E-state index contributed by atoms with van der Waals surface area (Å²) < 4.78 is 15.5. The molecule has 2 saturated carbocycles. The minimum absolute atomic E-state index is 0.136. The quantitative estimate of drug-likeness (QED) is 0.338. The molecule has 4 heterocycles. The number of aromatic nitrogens is 5. The molecule has 220 valence electrons. The van der Waals surface area contributed by atoms with Gasteiger partial charge in [0.2, 0.25) is 0 Å². The van der Waals surface area contributed by atoms with E-state index in [4.69, 9.17) is 14.6 Å². The number of benzene rings is 1. The van der Waals surface area contributed by atoms with E-state index >= 15 is 0 Å². The molecule has 3 aromatic heterocycles. The monoisotopic (exact) mass is 571 g/mol. The van der Waals surface area contributed by atoms with Crippen molar-refractivity contribution in [3.05, 3.63) is 48.7 Å². The number of hydrogen-bond acceptors (Lipinski definition) is 7. The van der Waals surface area contributed by atoms with Gasteiger partial charge in [-0.1, -0.05) is 6.92 Å². The molecule has 2 atom stereocenters. The summed E-state index contributed by atoms with van der Waals surface area (Å²) in [6, 6.07) is 5.85. The zero-order valence-corrected chi connectivity index (χ0v) is 24.5. The first-order chi connectivity index (χ1) is 20.1. The van der Waals surface area contributed by atoms with E-state index in [1.165, 1.54) is 0 Å². The number of carbonyl (C=O) groups excluding carboxylic acids is 2. The summed E-state index contributed by atoms with van der Waals surface area (Å²) in [5.41, 5.74) is 2.35. The third kappa shape index (κ3) is 5.05. The maximum absolute atomic E-state index is 13.5. The van der Waals surface area contributed by atoms with Crippen LogP contribution in [0.2, 0.25) is 0 Å². The van der Waals surface area contributed by atoms with Gasteiger partial charge in [0.1, 0.15) is 17.7 Å². The van der Waals surface area contributed by atoms with E-state index in [-0.39, 0.29) is 29.6 Å². The number of rotatable bonds is 5. The van der Waals surface area contributed by atoms with Crippen LogP contribution in [0.15, 0.2) is 43.1 Å². The molecule has 2 aliphatic carbocycles. The third-order valence-electron chi connectivity index (χ3n) is 8.69. The van der Waals surface area contributed by atoms with Gasteiger partial charge in [-0.25, -0.2) is 14.3 Å². The molecule has 7 rings (SSSR count). The molecule has 1 N–H and O–H groups in total. The first-order valence-corrected chi connectivity index (χ1v) is 14.8. The molecule has 1 aliphatic heterocycles. The summed E-state index contributed by atoms with van der Waals surface area (Å²) in [5, 5.41) is 13.2. The molecule has 3 fully saturated rings. The highest BCUT2D eigenvalue weighted by molar-refractivity contribution is 6.09. The van der Waals surface area contributed by atoms with Gasteiger partial charge in [0, 0.05) is 42.4 Å². The second-order valence-corrected chi connectivity index (χ2v) is 13.4. The fraction of sp³-hybridized carbons (Fsp3) is 0.516. The van der Waals surface area contributed by atoms with Gasteiger partial charge in [-0.2, -0.15) is 10.2 Å².